The molecule has 0 fully saturated rings. The highest BCUT2D eigenvalue weighted by molar-refractivity contribution is 5.58. The van der Waals surface area contributed by atoms with Crippen molar-refractivity contribution in [2.24, 2.45) is 16.6 Å². The van der Waals surface area contributed by atoms with Gasteiger partial charge in [-0.05, 0) is 18.8 Å². The number of nitrogens with zero attached hydrogens (tertiary/aromatic N) is 1. The van der Waals surface area contributed by atoms with Gasteiger partial charge in [0.1, 0.15) is 0 Å². The van der Waals surface area contributed by atoms with Crippen LogP contribution in [0, 0.1) is 5.92 Å². The summed E-state index contributed by atoms with van der Waals surface area (Å²) >= 11 is 0. The highest BCUT2D eigenvalue weighted by Crippen LogP contribution is 2.12. The van der Waals surface area contributed by atoms with E-state index >= 15 is 0 Å². The fourth-order valence-corrected chi connectivity index (χ4v) is 0.946. The molecule has 2 atom stereocenters. The van der Waals surface area contributed by atoms with Gasteiger partial charge in [0.05, 0.1) is 6.17 Å². The van der Waals surface area contributed by atoms with Gasteiger partial charge < -0.3 is 5.73 Å². The average Bonchev–Trinajstić information content (AvgIpc) is 1.64. The van der Waals surface area contributed by atoms with Crippen molar-refractivity contribution in [2.45, 2.75) is 25.9 Å². The summed E-state index contributed by atoms with van der Waals surface area (Å²) in [6, 6.07) is 0. The first-order chi connectivity index (χ1) is 3.79. The van der Waals surface area contributed by atoms with E-state index in [0.29, 0.717) is 0 Å². The number of hydrogen-bond acceptors (Lipinski definition) is 2. The second-order valence-electron chi connectivity index (χ2n) is 2.48. The molecule has 0 bridgehead atoms. The topological polar surface area (TPSA) is 38.4 Å². The minimum absolute atomic E-state index is 0.0822. The standard InChI is InChI=1S/C6H12N2/c1-5-2-3-8-6(7)4-5/h3,5-6H,2,4,7H2,1H3. The van der Waals surface area contributed by atoms with Crippen LogP contribution in [-0.4, -0.2) is 12.4 Å². The summed E-state index contributed by atoms with van der Waals surface area (Å²) < 4.78 is 0. The van der Waals surface area contributed by atoms with Gasteiger partial charge in [-0.2, -0.15) is 0 Å². The highest BCUT2D eigenvalue weighted by atomic mass is 14.9. The molecule has 1 aliphatic heterocycles. The van der Waals surface area contributed by atoms with E-state index in [2.05, 4.69) is 11.9 Å². The molecule has 2 N–H and O–H groups in total. The molecule has 1 heterocycles. The number of rotatable bonds is 0. The molecule has 1 aliphatic rings. The van der Waals surface area contributed by atoms with Gasteiger partial charge in [-0.1, -0.05) is 6.92 Å². The van der Waals surface area contributed by atoms with Crippen molar-refractivity contribution < 1.29 is 0 Å². The van der Waals surface area contributed by atoms with Crippen LogP contribution in [0.15, 0.2) is 4.99 Å². The van der Waals surface area contributed by atoms with Crippen molar-refractivity contribution in [3.05, 3.63) is 0 Å². The molecule has 2 unspecified atom stereocenters. The molecule has 0 amide bonds. The molecule has 0 aromatic rings. The van der Waals surface area contributed by atoms with Crippen molar-refractivity contribution in [1.82, 2.24) is 0 Å². The van der Waals surface area contributed by atoms with Crippen molar-refractivity contribution in [3.63, 3.8) is 0 Å². The molecule has 0 radical (unpaired) electrons. The predicted molar refractivity (Wildman–Crippen MR) is 34.9 cm³/mol. The lowest BCUT2D eigenvalue weighted by Gasteiger charge is -2.16. The van der Waals surface area contributed by atoms with E-state index in [0.717, 1.165) is 18.8 Å². The molecular formula is C6H12N2. The van der Waals surface area contributed by atoms with E-state index in [1.807, 2.05) is 6.21 Å². The molecule has 1 rings (SSSR count). The third-order valence-electron chi connectivity index (χ3n) is 1.45. The van der Waals surface area contributed by atoms with E-state index < -0.39 is 0 Å². The van der Waals surface area contributed by atoms with Gasteiger partial charge in [0.25, 0.3) is 0 Å². The molecular weight excluding hydrogens is 100 g/mol. The molecule has 0 aliphatic carbocycles. The number of nitrogens with two attached hydrogens (primary N) is 1. The Morgan fingerprint density at radius 1 is 1.75 bits per heavy atom. The lowest BCUT2D eigenvalue weighted by molar-refractivity contribution is 0.468. The van der Waals surface area contributed by atoms with Gasteiger partial charge in [-0.3, -0.25) is 4.99 Å². The maximum Gasteiger partial charge on any atom is 0.0968 e. The van der Waals surface area contributed by atoms with E-state index in [9.17, 15) is 0 Å². The van der Waals surface area contributed by atoms with Crippen LogP contribution >= 0.6 is 0 Å². The first-order valence-electron chi connectivity index (χ1n) is 3.06. The van der Waals surface area contributed by atoms with Crippen molar-refractivity contribution in [3.8, 4) is 0 Å². The second kappa shape index (κ2) is 2.27. The normalized spacial score (nSPS) is 37.8. The summed E-state index contributed by atoms with van der Waals surface area (Å²) in [5, 5.41) is 0. The Bertz CT molecular complexity index is 98.7. The van der Waals surface area contributed by atoms with Crippen LogP contribution in [-0.2, 0) is 0 Å². The summed E-state index contributed by atoms with van der Waals surface area (Å²) in [6.07, 6.45) is 4.17. The van der Waals surface area contributed by atoms with Gasteiger partial charge in [-0.25, -0.2) is 0 Å². The molecule has 0 spiro atoms. The zero-order valence-corrected chi connectivity index (χ0v) is 5.17. The van der Waals surface area contributed by atoms with Crippen molar-refractivity contribution in [2.75, 3.05) is 0 Å². The monoisotopic (exact) mass is 112 g/mol. The van der Waals surface area contributed by atoms with Crippen LogP contribution in [0.25, 0.3) is 0 Å². The van der Waals surface area contributed by atoms with Gasteiger partial charge in [0.2, 0.25) is 0 Å². The van der Waals surface area contributed by atoms with Crippen LogP contribution in [0.1, 0.15) is 19.8 Å². The van der Waals surface area contributed by atoms with Crippen LogP contribution < -0.4 is 5.73 Å². The maximum atomic E-state index is 5.53. The van der Waals surface area contributed by atoms with Crippen molar-refractivity contribution in [1.29, 1.82) is 0 Å². The summed E-state index contributed by atoms with van der Waals surface area (Å²) in [6.45, 7) is 2.20. The maximum absolute atomic E-state index is 5.53. The molecule has 46 valence electrons. The van der Waals surface area contributed by atoms with E-state index in [4.69, 9.17) is 5.73 Å². The molecule has 0 aromatic heterocycles. The Kier molecular flexibility index (Phi) is 1.63. The van der Waals surface area contributed by atoms with E-state index in [-0.39, 0.29) is 6.17 Å². The van der Waals surface area contributed by atoms with Crippen LogP contribution in [0.5, 0.6) is 0 Å². The Morgan fingerprint density at radius 3 is 2.88 bits per heavy atom. The quantitative estimate of drug-likeness (QED) is 0.494. The molecule has 8 heavy (non-hydrogen) atoms. The van der Waals surface area contributed by atoms with Crippen LogP contribution in [0.3, 0.4) is 0 Å². The highest BCUT2D eigenvalue weighted by Gasteiger charge is 2.09. The average molecular weight is 112 g/mol. The minimum Gasteiger partial charge on any atom is -0.310 e. The van der Waals surface area contributed by atoms with Crippen LogP contribution in [0.4, 0.5) is 0 Å². The molecule has 0 aromatic carbocycles. The van der Waals surface area contributed by atoms with Crippen molar-refractivity contribution >= 4 is 6.21 Å². The van der Waals surface area contributed by atoms with E-state index in [1.165, 1.54) is 0 Å². The molecule has 0 saturated carbocycles. The SMILES string of the molecule is CC1CC=NC(N)C1. The third-order valence-corrected chi connectivity index (χ3v) is 1.45. The fourth-order valence-electron chi connectivity index (χ4n) is 0.946. The predicted octanol–water partition coefficient (Wildman–Crippen LogP) is 0.772. The second-order valence-corrected chi connectivity index (χ2v) is 2.48. The summed E-state index contributed by atoms with van der Waals surface area (Å²) in [5.74, 6) is 0.738. The fraction of sp³-hybridized carbons (Fsp3) is 0.833. The lowest BCUT2D eigenvalue weighted by atomic mass is 10.0. The zero-order chi connectivity index (χ0) is 5.98. The Morgan fingerprint density at radius 2 is 2.50 bits per heavy atom. The Hall–Kier alpha value is -0.370. The first-order valence-corrected chi connectivity index (χ1v) is 3.06. The van der Waals surface area contributed by atoms with Crippen LogP contribution in [0.2, 0.25) is 0 Å². The Balaban J connectivity index is 2.42. The first kappa shape index (κ1) is 5.76. The number of aliphatic imine (C=N–C) groups is 1. The van der Waals surface area contributed by atoms with Gasteiger partial charge >= 0.3 is 0 Å². The summed E-state index contributed by atoms with van der Waals surface area (Å²) in [4.78, 5) is 4.03. The zero-order valence-electron chi connectivity index (χ0n) is 5.17. The van der Waals surface area contributed by atoms with Gasteiger partial charge in [0.15, 0.2) is 0 Å². The third kappa shape index (κ3) is 1.30. The summed E-state index contributed by atoms with van der Waals surface area (Å²) in [5.41, 5.74) is 5.53. The molecule has 2 nitrogen and oxygen atoms in total. The lowest BCUT2D eigenvalue weighted by Crippen LogP contribution is -2.23. The molecule has 2 heteroatoms. The smallest absolute Gasteiger partial charge is 0.0968 e. The van der Waals surface area contributed by atoms with E-state index in [1.54, 1.807) is 0 Å². The number of hydrogen-bond donors (Lipinski definition) is 1. The Labute approximate surface area is 49.8 Å². The summed E-state index contributed by atoms with van der Waals surface area (Å²) in [7, 11) is 0. The minimum atomic E-state index is 0.0822. The largest absolute Gasteiger partial charge is 0.310 e. The van der Waals surface area contributed by atoms with Gasteiger partial charge in [-0.15, -0.1) is 0 Å². The van der Waals surface area contributed by atoms with Gasteiger partial charge in [0, 0.05) is 6.21 Å². The molecule has 0 saturated heterocycles.